The molecule has 1 aliphatic carbocycles. The first-order valence-corrected chi connectivity index (χ1v) is 11.5. The second-order valence-electron chi connectivity index (χ2n) is 8.42. The molecule has 30 heavy (non-hydrogen) atoms. The molecule has 4 nitrogen and oxygen atoms in total. The Balaban J connectivity index is 1.51. The van der Waals surface area contributed by atoms with E-state index in [4.69, 9.17) is 11.6 Å². The van der Waals surface area contributed by atoms with Gasteiger partial charge < -0.3 is 10.2 Å². The van der Waals surface area contributed by atoms with E-state index >= 15 is 0 Å². The Morgan fingerprint density at radius 1 is 0.967 bits per heavy atom. The lowest BCUT2D eigenvalue weighted by Crippen LogP contribution is -2.44. The molecular formula is C25H29ClN2O2. The third-order valence-electron chi connectivity index (χ3n) is 6.31. The van der Waals surface area contributed by atoms with Crippen molar-refractivity contribution in [2.24, 2.45) is 0 Å². The summed E-state index contributed by atoms with van der Waals surface area (Å²) >= 11 is 5.98. The van der Waals surface area contributed by atoms with E-state index in [0.29, 0.717) is 23.6 Å². The quantitative estimate of drug-likeness (QED) is 0.707. The number of hydrogen-bond acceptors (Lipinski definition) is 2. The maximum Gasteiger partial charge on any atom is 0.255 e. The van der Waals surface area contributed by atoms with Crippen LogP contribution in [0.25, 0.3) is 0 Å². The molecule has 1 fully saturated rings. The molecule has 1 heterocycles. The number of hydrogen-bond donors (Lipinski definition) is 1. The van der Waals surface area contributed by atoms with Gasteiger partial charge in [-0.2, -0.15) is 0 Å². The largest absolute Gasteiger partial charge is 0.351 e. The lowest BCUT2D eigenvalue weighted by atomic mass is 9.96. The van der Waals surface area contributed by atoms with Crippen LogP contribution < -0.4 is 5.32 Å². The van der Waals surface area contributed by atoms with Gasteiger partial charge in [-0.25, -0.2) is 0 Å². The average molecular weight is 425 g/mol. The standard InChI is InChI=1S/C25H29ClN2O2/c26-19-14-12-18(13-15-19)16-17-28-23(21-10-6-7-11-22(21)25(28)30)24(29)27-20-8-4-2-1-3-5-9-20/h6-7,10-15,20,23H,1-5,8-9,16-17H2,(H,27,29). The molecule has 5 heteroatoms. The summed E-state index contributed by atoms with van der Waals surface area (Å²) in [5.41, 5.74) is 2.57. The maximum atomic E-state index is 13.4. The Morgan fingerprint density at radius 2 is 1.63 bits per heavy atom. The molecular weight excluding hydrogens is 396 g/mol. The molecule has 1 atom stereocenters. The average Bonchev–Trinajstić information content (AvgIpc) is 3.01. The van der Waals surface area contributed by atoms with Gasteiger partial charge in [-0.3, -0.25) is 9.59 Å². The highest BCUT2D eigenvalue weighted by Crippen LogP contribution is 2.34. The van der Waals surface area contributed by atoms with Crippen LogP contribution in [0.4, 0.5) is 0 Å². The van der Waals surface area contributed by atoms with Crippen molar-refractivity contribution in [2.75, 3.05) is 6.54 Å². The topological polar surface area (TPSA) is 49.4 Å². The molecule has 0 aromatic heterocycles. The van der Waals surface area contributed by atoms with E-state index in [0.717, 1.165) is 36.8 Å². The Morgan fingerprint density at radius 3 is 2.37 bits per heavy atom. The van der Waals surface area contributed by atoms with Crippen molar-refractivity contribution < 1.29 is 9.59 Å². The molecule has 2 amide bonds. The van der Waals surface area contributed by atoms with Crippen molar-refractivity contribution in [1.29, 1.82) is 0 Å². The highest BCUT2D eigenvalue weighted by molar-refractivity contribution is 6.30. The van der Waals surface area contributed by atoms with Crippen LogP contribution in [0.5, 0.6) is 0 Å². The van der Waals surface area contributed by atoms with Crippen LogP contribution in [0.15, 0.2) is 48.5 Å². The number of carbonyl (C=O) groups excluding carboxylic acids is 2. The van der Waals surface area contributed by atoms with Crippen LogP contribution in [0.1, 0.15) is 72.5 Å². The van der Waals surface area contributed by atoms with Gasteiger partial charge in [-0.15, -0.1) is 0 Å². The summed E-state index contributed by atoms with van der Waals surface area (Å²) in [6.07, 6.45) is 8.83. The number of amides is 2. The first-order chi connectivity index (χ1) is 14.6. The minimum absolute atomic E-state index is 0.0463. The van der Waals surface area contributed by atoms with Crippen LogP contribution in [0.3, 0.4) is 0 Å². The lowest BCUT2D eigenvalue weighted by molar-refractivity contribution is -0.126. The number of halogens is 1. The molecule has 158 valence electrons. The van der Waals surface area contributed by atoms with Crippen molar-refractivity contribution in [1.82, 2.24) is 10.2 Å². The van der Waals surface area contributed by atoms with Gasteiger partial charge in [0.1, 0.15) is 6.04 Å². The van der Waals surface area contributed by atoms with Gasteiger partial charge in [-0.1, -0.05) is 74.0 Å². The molecule has 4 rings (SSSR count). The molecule has 2 aromatic carbocycles. The Hall–Kier alpha value is -2.33. The van der Waals surface area contributed by atoms with Crippen LogP contribution in [0, 0.1) is 0 Å². The number of benzene rings is 2. The molecule has 0 radical (unpaired) electrons. The van der Waals surface area contributed by atoms with Crippen LogP contribution >= 0.6 is 11.6 Å². The van der Waals surface area contributed by atoms with Gasteiger partial charge in [0.05, 0.1) is 0 Å². The second-order valence-corrected chi connectivity index (χ2v) is 8.85. The van der Waals surface area contributed by atoms with E-state index in [1.165, 1.54) is 19.3 Å². The van der Waals surface area contributed by atoms with E-state index in [1.807, 2.05) is 48.5 Å². The van der Waals surface area contributed by atoms with Gasteiger partial charge in [0.2, 0.25) is 5.91 Å². The summed E-state index contributed by atoms with van der Waals surface area (Å²) in [6.45, 7) is 0.498. The maximum absolute atomic E-state index is 13.4. The Kier molecular flexibility index (Phi) is 6.73. The normalized spacial score (nSPS) is 19.8. The van der Waals surface area contributed by atoms with Crippen molar-refractivity contribution in [3.05, 3.63) is 70.2 Å². The summed E-state index contributed by atoms with van der Waals surface area (Å²) < 4.78 is 0. The molecule has 1 aliphatic heterocycles. The van der Waals surface area contributed by atoms with E-state index < -0.39 is 6.04 Å². The highest BCUT2D eigenvalue weighted by Gasteiger charge is 2.41. The van der Waals surface area contributed by atoms with E-state index in [9.17, 15) is 9.59 Å². The summed E-state index contributed by atoms with van der Waals surface area (Å²) in [5.74, 6) is -0.104. The molecule has 0 spiro atoms. The SMILES string of the molecule is O=C(NC1CCCCCCC1)C1c2ccccc2C(=O)N1CCc1ccc(Cl)cc1. The Labute approximate surface area is 183 Å². The van der Waals surface area contributed by atoms with Gasteiger partial charge in [0, 0.05) is 23.2 Å². The summed E-state index contributed by atoms with van der Waals surface area (Å²) in [5, 5.41) is 3.97. The first-order valence-electron chi connectivity index (χ1n) is 11.1. The van der Waals surface area contributed by atoms with Gasteiger partial charge >= 0.3 is 0 Å². The third kappa shape index (κ3) is 4.70. The second kappa shape index (κ2) is 9.65. The molecule has 2 aromatic rings. The van der Waals surface area contributed by atoms with Gasteiger partial charge in [0.25, 0.3) is 5.91 Å². The molecule has 1 saturated carbocycles. The zero-order valence-electron chi connectivity index (χ0n) is 17.3. The molecule has 0 bridgehead atoms. The fourth-order valence-corrected chi connectivity index (χ4v) is 4.79. The minimum Gasteiger partial charge on any atom is -0.351 e. The zero-order chi connectivity index (χ0) is 20.9. The fraction of sp³-hybridized carbons (Fsp3) is 0.440. The number of rotatable bonds is 5. The third-order valence-corrected chi connectivity index (χ3v) is 6.56. The lowest BCUT2D eigenvalue weighted by Gasteiger charge is -2.28. The van der Waals surface area contributed by atoms with Gasteiger partial charge in [-0.05, 0) is 48.6 Å². The van der Waals surface area contributed by atoms with Crippen LogP contribution in [0.2, 0.25) is 5.02 Å². The van der Waals surface area contributed by atoms with Crippen LogP contribution in [-0.2, 0) is 11.2 Å². The molecule has 1 unspecified atom stereocenters. The molecule has 0 saturated heterocycles. The Bertz CT molecular complexity index is 888. The van der Waals surface area contributed by atoms with Crippen molar-refractivity contribution >= 4 is 23.4 Å². The predicted molar refractivity (Wildman–Crippen MR) is 120 cm³/mol. The van der Waals surface area contributed by atoms with Crippen LogP contribution in [-0.4, -0.2) is 29.3 Å². The minimum atomic E-state index is -0.550. The number of carbonyl (C=O) groups is 2. The predicted octanol–water partition coefficient (Wildman–Crippen LogP) is 5.31. The number of fused-ring (bicyclic) bond motifs is 1. The zero-order valence-corrected chi connectivity index (χ0v) is 18.0. The van der Waals surface area contributed by atoms with Crippen molar-refractivity contribution in [2.45, 2.75) is 63.5 Å². The monoisotopic (exact) mass is 424 g/mol. The summed E-state index contributed by atoms with van der Waals surface area (Å²) in [4.78, 5) is 28.2. The number of nitrogens with zero attached hydrogens (tertiary/aromatic N) is 1. The summed E-state index contributed by atoms with van der Waals surface area (Å²) in [6, 6.07) is 14.8. The molecule has 1 N–H and O–H groups in total. The number of nitrogens with one attached hydrogen (secondary N) is 1. The molecule has 2 aliphatic rings. The highest BCUT2D eigenvalue weighted by atomic mass is 35.5. The first kappa shape index (κ1) is 20.9. The van der Waals surface area contributed by atoms with E-state index in [2.05, 4.69) is 5.32 Å². The van der Waals surface area contributed by atoms with Crippen molar-refractivity contribution in [3.8, 4) is 0 Å². The smallest absolute Gasteiger partial charge is 0.255 e. The summed E-state index contributed by atoms with van der Waals surface area (Å²) in [7, 11) is 0. The fourth-order valence-electron chi connectivity index (χ4n) is 4.66. The van der Waals surface area contributed by atoms with Gasteiger partial charge in [0.15, 0.2) is 0 Å². The van der Waals surface area contributed by atoms with E-state index in [1.54, 1.807) is 4.90 Å². The van der Waals surface area contributed by atoms with E-state index in [-0.39, 0.29) is 17.9 Å². The van der Waals surface area contributed by atoms with Crippen molar-refractivity contribution in [3.63, 3.8) is 0 Å².